The van der Waals surface area contributed by atoms with Gasteiger partial charge in [0, 0.05) is 58.3 Å². The zero-order chi connectivity index (χ0) is 29.5. The largest absolute Gasteiger partial charge is 0.493 e. The molecule has 3 aliphatic heterocycles. The van der Waals surface area contributed by atoms with Gasteiger partial charge < -0.3 is 39.8 Å². The van der Waals surface area contributed by atoms with Gasteiger partial charge in [0.05, 0.1) is 19.6 Å². The van der Waals surface area contributed by atoms with Crippen LogP contribution >= 0.6 is 0 Å². The fourth-order valence-corrected chi connectivity index (χ4v) is 6.25. The smallest absolute Gasteiger partial charge is 0.319 e. The maximum absolute atomic E-state index is 13.6. The highest BCUT2D eigenvalue weighted by molar-refractivity contribution is 5.79. The number of likely N-dealkylation sites (tertiary alicyclic amines) is 1. The van der Waals surface area contributed by atoms with E-state index >= 15 is 0 Å². The molecule has 12 nitrogen and oxygen atoms in total. The molecule has 3 aliphatic rings. The molecule has 228 valence electrons. The number of fused-ring (bicyclic) bond motifs is 1. The number of methoxy groups -OCH3 is 1. The minimum atomic E-state index is -0.931. The van der Waals surface area contributed by atoms with Crippen molar-refractivity contribution in [2.45, 2.75) is 51.0 Å². The van der Waals surface area contributed by atoms with E-state index in [1.807, 2.05) is 21.9 Å². The maximum Gasteiger partial charge on any atom is 0.319 e. The third-order valence-electron chi connectivity index (χ3n) is 8.46. The molecule has 0 bridgehead atoms. The number of rotatable bonds is 14. The number of hydrogen-bond acceptors (Lipinski definition) is 8. The molecule has 2 fully saturated rings. The highest BCUT2D eigenvalue weighted by atomic mass is 16.7. The van der Waals surface area contributed by atoms with Crippen LogP contribution < -0.4 is 19.9 Å². The van der Waals surface area contributed by atoms with Gasteiger partial charge in [0.2, 0.25) is 18.4 Å². The average Bonchev–Trinajstić information content (AvgIpc) is 3.58. The van der Waals surface area contributed by atoms with Crippen molar-refractivity contribution in [2.75, 3.05) is 73.3 Å². The highest BCUT2D eigenvalue weighted by Gasteiger charge is 2.48. The quantitative estimate of drug-likeness (QED) is 0.341. The molecule has 1 aromatic carbocycles. The molecule has 2 saturated heterocycles. The highest BCUT2D eigenvalue weighted by Crippen LogP contribution is 2.47. The van der Waals surface area contributed by atoms with Crippen LogP contribution in [0.1, 0.15) is 50.5 Å². The summed E-state index contributed by atoms with van der Waals surface area (Å²) in [6.45, 7) is 6.13. The van der Waals surface area contributed by atoms with E-state index in [1.165, 1.54) is 7.11 Å². The van der Waals surface area contributed by atoms with Gasteiger partial charge in [0.25, 0.3) is 0 Å². The van der Waals surface area contributed by atoms with E-state index in [9.17, 15) is 19.5 Å². The molecular weight excluding hydrogens is 530 g/mol. The second-order valence-electron chi connectivity index (χ2n) is 11.1. The molecule has 1 aromatic rings. The molecular formula is C29H45N5O7. The van der Waals surface area contributed by atoms with Crippen molar-refractivity contribution in [1.82, 2.24) is 19.6 Å². The number of benzene rings is 1. The Kier molecular flexibility index (Phi) is 10.5. The Morgan fingerprint density at radius 1 is 1.20 bits per heavy atom. The van der Waals surface area contributed by atoms with E-state index in [4.69, 9.17) is 19.9 Å². The molecule has 3 N–H and O–H groups in total. The molecule has 0 saturated carbocycles. The van der Waals surface area contributed by atoms with E-state index < -0.39 is 23.8 Å². The van der Waals surface area contributed by atoms with Crippen LogP contribution in [0.3, 0.4) is 0 Å². The summed E-state index contributed by atoms with van der Waals surface area (Å²) in [5, 5.41) is 10.5. The molecule has 41 heavy (non-hydrogen) atoms. The summed E-state index contributed by atoms with van der Waals surface area (Å²) in [7, 11) is 3.32. The fraction of sp³-hybridized carbons (Fsp3) is 0.690. The molecule has 0 unspecified atom stereocenters. The lowest BCUT2D eigenvalue weighted by Gasteiger charge is -2.35. The van der Waals surface area contributed by atoms with Gasteiger partial charge in [-0.05, 0) is 49.9 Å². The number of ether oxygens (including phenoxy) is 3. The SMILES string of the molecule is CCCCN(CCCN)C(=O)CN1C[C@H](c2cc(OC)c3c(c2)OCO3)[C@@H](C(=O)O)[C@@H]1CCN1CCCN(C)C1=O. The van der Waals surface area contributed by atoms with Gasteiger partial charge in [-0.25, -0.2) is 4.79 Å². The first kappa shape index (κ1) is 30.7. The van der Waals surface area contributed by atoms with Gasteiger partial charge in [0.15, 0.2) is 11.5 Å². The van der Waals surface area contributed by atoms with Gasteiger partial charge in [0.1, 0.15) is 0 Å². The van der Waals surface area contributed by atoms with Crippen molar-refractivity contribution in [1.29, 1.82) is 0 Å². The van der Waals surface area contributed by atoms with Crippen LogP contribution in [0.2, 0.25) is 0 Å². The minimum Gasteiger partial charge on any atom is -0.493 e. The lowest BCUT2D eigenvalue weighted by molar-refractivity contribution is -0.144. The van der Waals surface area contributed by atoms with Gasteiger partial charge in [-0.15, -0.1) is 0 Å². The third-order valence-corrected chi connectivity index (χ3v) is 8.46. The zero-order valence-corrected chi connectivity index (χ0v) is 24.5. The summed E-state index contributed by atoms with van der Waals surface area (Å²) in [6, 6.07) is 3.15. The number of unbranched alkanes of at least 4 members (excludes halogenated alkanes) is 1. The van der Waals surface area contributed by atoms with Crippen LogP contribution in [0.25, 0.3) is 0 Å². The second kappa shape index (κ2) is 14.1. The van der Waals surface area contributed by atoms with Gasteiger partial charge in [-0.1, -0.05) is 13.3 Å². The molecule has 3 atom stereocenters. The Morgan fingerprint density at radius 2 is 1.98 bits per heavy atom. The van der Waals surface area contributed by atoms with Gasteiger partial charge in [-0.3, -0.25) is 14.5 Å². The number of carboxylic acids is 1. The average molecular weight is 576 g/mol. The van der Waals surface area contributed by atoms with Crippen molar-refractivity contribution >= 4 is 17.9 Å². The molecule has 3 heterocycles. The van der Waals surface area contributed by atoms with E-state index in [1.54, 1.807) is 16.8 Å². The number of nitrogens with zero attached hydrogens (tertiary/aromatic N) is 4. The maximum atomic E-state index is 13.6. The minimum absolute atomic E-state index is 0.0289. The number of aliphatic carboxylic acids is 1. The molecule has 12 heteroatoms. The van der Waals surface area contributed by atoms with Crippen molar-refractivity contribution < 1.29 is 33.7 Å². The second-order valence-corrected chi connectivity index (χ2v) is 11.1. The summed E-state index contributed by atoms with van der Waals surface area (Å²) in [5.74, 6) is -0.661. The molecule has 0 aromatic heterocycles. The van der Waals surface area contributed by atoms with Gasteiger partial charge in [-0.2, -0.15) is 0 Å². The summed E-state index contributed by atoms with van der Waals surface area (Å²) in [4.78, 5) is 46.6. The number of amides is 3. The summed E-state index contributed by atoms with van der Waals surface area (Å²) in [5.41, 5.74) is 6.50. The summed E-state index contributed by atoms with van der Waals surface area (Å²) < 4.78 is 16.7. The predicted octanol–water partition coefficient (Wildman–Crippen LogP) is 2.02. The molecule has 0 spiro atoms. The van der Waals surface area contributed by atoms with Crippen LogP contribution in [0.4, 0.5) is 4.79 Å². The van der Waals surface area contributed by atoms with E-state index in [2.05, 4.69) is 6.92 Å². The predicted molar refractivity (Wildman–Crippen MR) is 152 cm³/mol. The Bertz CT molecular complexity index is 1080. The zero-order valence-electron chi connectivity index (χ0n) is 24.5. The van der Waals surface area contributed by atoms with Crippen LogP contribution in [0.5, 0.6) is 17.2 Å². The first-order chi connectivity index (χ1) is 19.8. The molecule has 4 rings (SSSR count). The van der Waals surface area contributed by atoms with Crippen LogP contribution in [0.15, 0.2) is 12.1 Å². The first-order valence-electron chi connectivity index (χ1n) is 14.7. The lowest BCUT2D eigenvalue weighted by atomic mass is 9.84. The Hall–Kier alpha value is -3.25. The van der Waals surface area contributed by atoms with Crippen LogP contribution in [-0.2, 0) is 9.59 Å². The standard InChI is InChI=1S/C29H45N5O7/c1-4-5-11-32(12-6-9-30)25(35)18-34-17-21(20-15-23(39-3)27-24(16-20)40-19-41-27)26(28(36)37)22(34)8-14-33-13-7-10-31(2)29(33)38/h15-16,21-22,26H,4-14,17-19,30H2,1-3H3,(H,36,37)/t21-,22+,26-/m1/s1. The van der Waals surface area contributed by atoms with Crippen molar-refractivity contribution in [3.8, 4) is 17.2 Å². The van der Waals surface area contributed by atoms with Crippen LogP contribution in [0, 0.1) is 5.92 Å². The molecule has 0 radical (unpaired) electrons. The van der Waals surface area contributed by atoms with Crippen molar-refractivity contribution in [2.24, 2.45) is 11.7 Å². The number of hydrogen-bond donors (Lipinski definition) is 2. The van der Waals surface area contributed by atoms with Crippen molar-refractivity contribution in [3.63, 3.8) is 0 Å². The Balaban J connectivity index is 1.62. The van der Waals surface area contributed by atoms with Gasteiger partial charge >= 0.3 is 12.0 Å². The topological polar surface area (TPSA) is 138 Å². The Morgan fingerprint density at radius 3 is 2.68 bits per heavy atom. The Labute approximate surface area is 242 Å². The van der Waals surface area contributed by atoms with Crippen LogP contribution in [-0.4, -0.2) is 122 Å². The monoisotopic (exact) mass is 575 g/mol. The summed E-state index contributed by atoms with van der Waals surface area (Å²) >= 11 is 0. The molecule has 3 amide bonds. The third kappa shape index (κ3) is 6.98. The number of carbonyl (C=O) groups is 3. The van der Waals surface area contributed by atoms with Crippen molar-refractivity contribution in [3.05, 3.63) is 17.7 Å². The van der Waals surface area contributed by atoms with E-state index in [-0.39, 0.29) is 25.3 Å². The first-order valence-corrected chi connectivity index (χ1v) is 14.7. The van der Waals surface area contributed by atoms with E-state index in [0.29, 0.717) is 75.9 Å². The molecule has 0 aliphatic carbocycles. The number of carbonyl (C=O) groups excluding carboxylic acids is 2. The number of nitrogens with two attached hydrogens (primary N) is 1. The lowest BCUT2D eigenvalue weighted by Crippen LogP contribution is -2.50. The normalized spacial score (nSPS) is 22.3. The fourth-order valence-electron chi connectivity index (χ4n) is 6.25. The van der Waals surface area contributed by atoms with E-state index in [0.717, 1.165) is 24.8 Å². The number of carboxylic acid groups (broad SMARTS) is 1. The number of urea groups is 1. The summed E-state index contributed by atoms with van der Waals surface area (Å²) in [6.07, 6.45) is 3.87.